The Kier molecular flexibility index (Phi) is 6.16. The minimum absolute atomic E-state index is 0.230. The number of rotatable bonds is 6. The summed E-state index contributed by atoms with van der Waals surface area (Å²) in [7, 11) is 0. The van der Waals surface area contributed by atoms with Gasteiger partial charge in [-0.15, -0.1) is 0 Å². The minimum atomic E-state index is -0.526. The molecule has 31 heavy (non-hydrogen) atoms. The van der Waals surface area contributed by atoms with Crippen molar-refractivity contribution in [2.75, 3.05) is 17.2 Å². The van der Waals surface area contributed by atoms with Crippen LogP contribution in [0.5, 0.6) is 0 Å². The van der Waals surface area contributed by atoms with Gasteiger partial charge in [0.1, 0.15) is 11.9 Å². The van der Waals surface area contributed by atoms with E-state index in [0.29, 0.717) is 45.7 Å². The van der Waals surface area contributed by atoms with Gasteiger partial charge in [0.2, 0.25) is 11.9 Å². The summed E-state index contributed by atoms with van der Waals surface area (Å²) in [4.78, 5) is 25.1. The van der Waals surface area contributed by atoms with Crippen LogP contribution in [0.15, 0.2) is 42.5 Å². The number of hydrogen-bond donors (Lipinski definition) is 2. The van der Waals surface area contributed by atoms with Crippen LogP contribution in [0.2, 0.25) is 10.0 Å². The van der Waals surface area contributed by atoms with Crippen molar-refractivity contribution in [3.05, 3.63) is 69.5 Å². The van der Waals surface area contributed by atoms with Gasteiger partial charge in [0.15, 0.2) is 0 Å². The number of nitriles is 1. The van der Waals surface area contributed by atoms with E-state index in [4.69, 9.17) is 33.2 Å². The van der Waals surface area contributed by atoms with Crippen LogP contribution >= 0.6 is 23.2 Å². The molecule has 1 aromatic heterocycles. The molecular formula is C21H16Cl2N6O2. The fourth-order valence-corrected chi connectivity index (χ4v) is 3.55. The molecule has 0 radical (unpaired) electrons. The van der Waals surface area contributed by atoms with Crippen molar-refractivity contribution < 1.29 is 9.53 Å². The number of ether oxygens (including phenoxy) is 1. The van der Waals surface area contributed by atoms with Crippen molar-refractivity contribution in [3.8, 4) is 6.07 Å². The summed E-state index contributed by atoms with van der Waals surface area (Å²) in [6.07, 6.45) is 0.793. The Labute approximate surface area is 188 Å². The molecule has 0 amide bonds. The Bertz CT molecular complexity index is 1140. The van der Waals surface area contributed by atoms with E-state index >= 15 is 0 Å². The zero-order valence-corrected chi connectivity index (χ0v) is 17.6. The van der Waals surface area contributed by atoms with E-state index in [9.17, 15) is 4.79 Å². The Hall–Kier alpha value is -3.41. The van der Waals surface area contributed by atoms with E-state index in [-0.39, 0.29) is 24.3 Å². The fraction of sp³-hybridized carbons (Fsp3) is 0.190. The van der Waals surface area contributed by atoms with Gasteiger partial charge < -0.3 is 15.4 Å². The highest BCUT2D eigenvalue weighted by Crippen LogP contribution is 2.27. The van der Waals surface area contributed by atoms with Crippen LogP contribution in [-0.4, -0.2) is 33.6 Å². The van der Waals surface area contributed by atoms with E-state index in [1.165, 1.54) is 0 Å². The van der Waals surface area contributed by atoms with Crippen molar-refractivity contribution in [1.82, 2.24) is 15.0 Å². The van der Waals surface area contributed by atoms with Gasteiger partial charge in [-0.05, 0) is 42.0 Å². The number of hydrogen-bond acceptors (Lipinski definition) is 8. The normalized spacial score (nSPS) is 15.3. The van der Waals surface area contributed by atoms with Crippen LogP contribution in [0.25, 0.3) is 0 Å². The maximum absolute atomic E-state index is 11.8. The molecular weight excluding hydrogens is 439 g/mol. The third kappa shape index (κ3) is 5.02. The lowest BCUT2D eigenvalue weighted by Crippen LogP contribution is -2.26. The molecule has 1 atom stereocenters. The first-order valence-corrected chi connectivity index (χ1v) is 10.2. The average Bonchev–Trinajstić information content (AvgIpc) is 3.16. The summed E-state index contributed by atoms with van der Waals surface area (Å²) >= 11 is 12.6. The smallest absolute Gasteiger partial charge is 0.328 e. The lowest BCUT2D eigenvalue weighted by atomic mass is 10.1. The van der Waals surface area contributed by atoms with E-state index < -0.39 is 6.04 Å². The number of nitrogens with zero attached hydrogens (tertiary/aromatic N) is 4. The van der Waals surface area contributed by atoms with Gasteiger partial charge in [0, 0.05) is 28.6 Å². The molecule has 0 bridgehead atoms. The first-order chi connectivity index (χ1) is 15.0. The Balaban J connectivity index is 1.65. The van der Waals surface area contributed by atoms with Gasteiger partial charge >= 0.3 is 5.97 Å². The van der Waals surface area contributed by atoms with E-state index in [1.807, 2.05) is 0 Å². The Morgan fingerprint density at radius 2 is 1.77 bits per heavy atom. The third-order valence-corrected chi connectivity index (χ3v) is 5.30. The Morgan fingerprint density at radius 3 is 2.42 bits per heavy atom. The largest absolute Gasteiger partial charge is 0.464 e. The number of halogens is 2. The first kappa shape index (κ1) is 20.8. The number of carbonyl (C=O) groups excluding carboxylic acids is 1. The average molecular weight is 455 g/mol. The lowest BCUT2D eigenvalue weighted by Gasteiger charge is -2.13. The second-order valence-corrected chi connectivity index (χ2v) is 7.56. The van der Waals surface area contributed by atoms with Crippen LogP contribution in [0.3, 0.4) is 0 Å². The van der Waals surface area contributed by atoms with E-state index in [1.54, 1.807) is 42.5 Å². The van der Waals surface area contributed by atoms with Crippen LogP contribution in [0.1, 0.15) is 23.4 Å². The molecule has 156 valence electrons. The highest BCUT2D eigenvalue weighted by atomic mass is 35.5. The molecule has 8 nitrogen and oxygen atoms in total. The third-order valence-electron chi connectivity index (χ3n) is 4.59. The number of esters is 1. The number of nitrogens with one attached hydrogen (secondary N) is 2. The highest BCUT2D eigenvalue weighted by molar-refractivity contribution is 6.36. The number of benzene rings is 2. The van der Waals surface area contributed by atoms with Crippen molar-refractivity contribution in [1.29, 1.82) is 5.26 Å². The second kappa shape index (κ2) is 9.16. The molecule has 3 aromatic rings. The second-order valence-electron chi connectivity index (χ2n) is 6.74. The number of cyclic esters (lactones) is 1. The number of aromatic nitrogens is 3. The van der Waals surface area contributed by atoms with Crippen LogP contribution < -0.4 is 10.6 Å². The van der Waals surface area contributed by atoms with Crippen LogP contribution in [-0.2, 0) is 16.0 Å². The summed E-state index contributed by atoms with van der Waals surface area (Å²) in [5.74, 6) is 0.563. The van der Waals surface area contributed by atoms with Gasteiger partial charge in [-0.2, -0.15) is 20.2 Å². The maximum atomic E-state index is 11.8. The van der Waals surface area contributed by atoms with Gasteiger partial charge in [0.25, 0.3) is 0 Å². The molecule has 0 spiro atoms. The highest BCUT2D eigenvalue weighted by Gasteiger charge is 2.27. The molecule has 2 aromatic carbocycles. The van der Waals surface area contributed by atoms with Crippen LogP contribution in [0, 0.1) is 11.3 Å². The quantitative estimate of drug-likeness (QED) is 0.534. The monoisotopic (exact) mass is 454 g/mol. The maximum Gasteiger partial charge on any atom is 0.328 e. The van der Waals surface area contributed by atoms with Gasteiger partial charge in [-0.1, -0.05) is 29.3 Å². The topological polar surface area (TPSA) is 113 Å². The molecule has 1 fully saturated rings. The van der Waals surface area contributed by atoms with Crippen molar-refractivity contribution in [2.45, 2.75) is 18.9 Å². The molecule has 1 aliphatic rings. The number of carbonyl (C=O) groups is 1. The number of anilines is 3. The van der Waals surface area contributed by atoms with Crippen LogP contribution in [0.4, 0.5) is 17.6 Å². The summed E-state index contributed by atoms with van der Waals surface area (Å²) in [6.45, 7) is 0.347. The van der Waals surface area contributed by atoms with Crippen molar-refractivity contribution in [3.63, 3.8) is 0 Å². The zero-order valence-electron chi connectivity index (χ0n) is 16.1. The van der Waals surface area contributed by atoms with Gasteiger partial charge in [-0.25, -0.2) is 4.79 Å². The van der Waals surface area contributed by atoms with Gasteiger partial charge in [-0.3, -0.25) is 0 Å². The molecule has 4 rings (SSSR count). The summed E-state index contributed by atoms with van der Waals surface area (Å²) in [6, 6.07) is 13.6. The SMILES string of the molecule is N#Cc1ccc(Nc2nc(Cc3c(Cl)cccc3Cl)nc(NC3CCOC3=O)n2)cc1. The van der Waals surface area contributed by atoms with E-state index in [0.717, 1.165) is 0 Å². The minimum Gasteiger partial charge on any atom is -0.464 e. The lowest BCUT2D eigenvalue weighted by molar-refractivity contribution is -0.138. The first-order valence-electron chi connectivity index (χ1n) is 9.40. The standard InChI is InChI=1S/C21H16Cl2N6O2/c22-15-2-1-3-16(23)14(15)10-18-27-20(25-13-6-4-12(11-24)5-7-13)29-21(28-18)26-17-8-9-31-19(17)30/h1-7,17H,8-10H2,(H2,25,26,27,28,29). The van der Waals surface area contributed by atoms with Gasteiger partial charge in [0.05, 0.1) is 18.2 Å². The molecule has 2 heterocycles. The summed E-state index contributed by atoms with van der Waals surface area (Å²) < 4.78 is 4.99. The fourth-order valence-electron chi connectivity index (χ4n) is 3.02. The predicted octanol–water partition coefficient (Wildman–Crippen LogP) is 4.11. The molecule has 0 aliphatic carbocycles. The molecule has 2 N–H and O–H groups in total. The molecule has 1 saturated heterocycles. The molecule has 1 unspecified atom stereocenters. The molecule has 1 aliphatic heterocycles. The van der Waals surface area contributed by atoms with E-state index in [2.05, 4.69) is 31.7 Å². The zero-order chi connectivity index (χ0) is 21.8. The predicted molar refractivity (Wildman–Crippen MR) is 117 cm³/mol. The Morgan fingerprint density at radius 1 is 1.06 bits per heavy atom. The summed E-state index contributed by atoms with van der Waals surface area (Å²) in [5.41, 5.74) is 1.92. The molecule has 0 saturated carbocycles. The summed E-state index contributed by atoms with van der Waals surface area (Å²) in [5, 5.41) is 16.1. The van der Waals surface area contributed by atoms with Crippen molar-refractivity contribution >= 4 is 46.8 Å². The molecule has 10 heteroatoms. The van der Waals surface area contributed by atoms with Crippen molar-refractivity contribution in [2.24, 2.45) is 0 Å².